The highest BCUT2D eigenvalue weighted by atomic mass is 35.5. The van der Waals surface area contributed by atoms with E-state index in [2.05, 4.69) is 5.32 Å². The van der Waals surface area contributed by atoms with Crippen molar-refractivity contribution < 1.29 is 46.9 Å². The van der Waals surface area contributed by atoms with Crippen LogP contribution in [0.15, 0.2) is 24.3 Å². The van der Waals surface area contributed by atoms with E-state index in [9.17, 15) is 32.7 Å². The molecule has 2 N–H and O–H groups in total. The van der Waals surface area contributed by atoms with E-state index >= 15 is 0 Å². The lowest BCUT2D eigenvalue weighted by Crippen LogP contribution is -2.59. The van der Waals surface area contributed by atoms with Crippen LogP contribution >= 0.6 is 11.6 Å². The second-order valence-corrected chi connectivity index (χ2v) is 12.0. The Morgan fingerprint density at radius 3 is 1.92 bits per heavy atom. The van der Waals surface area contributed by atoms with Crippen LogP contribution in [0.5, 0.6) is 0 Å². The van der Waals surface area contributed by atoms with E-state index in [-0.39, 0.29) is 17.2 Å². The number of esters is 1. The Morgan fingerprint density at radius 1 is 0.974 bits per heavy atom. The van der Waals surface area contributed by atoms with Gasteiger partial charge >= 0.3 is 28.4 Å². The SMILES string of the molecule is CCOC(=O)CN(C(c1ccc(Cl)cc1)C(NC(=O)OC(C)(C)C)C(=O)[O-])S(=O)(=O)NC(=O)OC(C)(C)C. The summed E-state index contributed by atoms with van der Waals surface area (Å²) in [5.41, 5.74) is -2.16. The molecule has 0 heterocycles. The van der Waals surface area contributed by atoms with E-state index in [1.807, 2.05) is 0 Å². The fourth-order valence-electron chi connectivity index (χ4n) is 3.02. The molecule has 0 aliphatic rings. The van der Waals surface area contributed by atoms with Crippen molar-refractivity contribution in [1.29, 1.82) is 0 Å². The molecule has 0 radical (unpaired) electrons. The number of benzene rings is 1. The molecule has 0 bridgehead atoms. The number of halogens is 1. The average Bonchev–Trinajstić information content (AvgIpc) is 2.70. The monoisotopic (exact) mass is 578 g/mol. The predicted molar refractivity (Wildman–Crippen MR) is 134 cm³/mol. The first kappa shape index (κ1) is 32.9. The van der Waals surface area contributed by atoms with Crippen molar-refractivity contribution >= 4 is 45.9 Å². The molecule has 1 aromatic carbocycles. The van der Waals surface area contributed by atoms with Gasteiger partial charge in [-0.05, 0) is 66.2 Å². The van der Waals surface area contributed by atoms with Crippen LogP contribution in [-0.4, -0.2) is 67.2 Å². The van der Waals surface area contributed by atoms with Crippen LogP contribution in [0.25, 0.3) is 0 Å². The third-order valence-corrected chi connectivity index (χ3v) is 5.92. The molecule has 0 aliphatic heterocycles. The van der Waals surface area contributed by atoms with Gasteiger partial charge in [0, 0.05) is 5.02 Å². The van der Waals surface area contributed by atoms with E-state index in [0.29, 0.717) is 4.31 Å². The summed E-state index contributed by atoms with van der Waals surface area (Å²) < 4.78 is 43.8. The highest BCUT2D eigenvalue weighted by Gasteiger charge is 2.41. The maximum absolute atomic E-state index is 13.4. The van der Waals surface area contributed by atoms with E-state index in [1.165, 1.54) is 72.7 Å². The molecule has 0 saturated carbocycles. The van der Waals surface area contributed by atoms with Crippen LogP contribution in [0, 0.1) is 0 Å². The average molecular weight is 579 g/mol. The van der Waals surface area contributed by atoms with Gasteiger partial charge in [0.15, 0.2) is 0 Å². The number of carbonyl (C=O) groups excluding carboxylic acids is 4. The van der Waals surface area contributed by atoms with Crippen molar-refractivity contribution in [3.63, 3.8) is 0 Å². The third-order valence-electron chi connectivity index (χ3n) is 4.27. The molecular formula is C23H33ClN3O10S-. The van der Waals surface area contributed by atoms with Crippen molar-refractivity contribution in [2.24, 2.45) is 0 Å². The molecule has 1 rings (SSSR count). The number of carboxylic acids is 1. The first-order chi connectivity index (χ1) is 17.3. The number of carbonyl (C=O) groups is 4. The van der Waals surface area contributed by atoms with E-state index in [4.69, 9.17) is 25.8 Å². The van der Waals surface area contributed by atoms with Gasteiger partial charge in [0.05, 0.1) is 24.7 Å². The molecular weight excluding hydrogens is 546 g/mol. The number of alkyl carbamates (subject to hydrolysis) is 1. The number of rotatable bonds is 10. The summed E-state index contributed by atoms with van der Waals surface area (Å²) >= 11 is 5.94. The lowest BCUT2D eigenvalue weighted by molar-refractivity contribution is -0.309. The van der Waals surface area contributed by atoms with Gasteiger partial charge in [0.1, 0.15) is 17.7 Å². The smallest absolute Gasteiger partial charge is 0.422 e. The maximum Gasteiger partial charge on any atom is 0.422 e. The summed E-state index contributed by atoms with van der Waals surface area (Å²) in [6.45, 7) is 9.34. The van der Waals surface area contributed by atoms with E-state index in [0.717, 1.165) is 0 Å². The summed E-state index contributed by atoms with van der Waals surface area (Å²) in [6, 6.07) is 1.26. The minimum absolute atomic E-state index is 0.0291. The first-order valence-corrected chi connectivity index (χ1v) is 13.2. The highest BCUT2D eigenvalue weighted by Crippen LogP contribution is 2.29. The predicted octanol–water partition coefficient (Wildman–Crippen LogP) is 1.66. The quantitative estimate of drug-likeness (QED) is 0.306. The Balaban J connectivity index is 3.72. The minimum atomic E-state index is -5.02. The zero-order valence-corrected chi connectivity index (χ0v) is 23.8. The lowest BCUT2D eigenvalue weighted by atomic mass is 9.99. The van der Waals surface area contributed by atoms with Crippen molar-refractivity contribution in [3.05, 3.63) is 34.9 Å². The summed E-state index contributed by atoms with van der Waals surface area (Å²) in [4.78, 5) is 49.6. The summed E-state index contributed by atoms with van der Waals surface area (Å²) in [5, 5.41) is 14.6. The number of ether oxygens (including phenoxy) is 3. The van der Waals surface area contributed by atoms with Crippen LogP contribution in [0.1, 0.15) is 60.1 Å². The molecule has 38 heavy (non-hydrogen) atoms. The van der Waals surface area contributed by atoms with Crippen LogP contribution in [0.3, 0.4) is 0 Å². The lowest BCUT2D eigenvalue weighted by Gasteiger charge is -2.37. The number of nitrogens with zero attached hydrogens (tertiary/aromatic N) is 1. The number of carboxylic acid groups (broad SMARTS) is 1. The second kappa shape index (κ2) is 13.1. The Bertz CT molecular complexity index is 1110. The van der Waals surface area contributed by atoms with Gasteiger partial charge in [-0.3, -0.25) is 4.79 Å². The molecule has 214 valence electrons. The first-order valence-electron chi connectivity index (χ1n) is 11.4. The molecule has 15 heteroatoms. The summed E-state index contributed by atoms with van der Waals surface area (Å²) in [6.07, 6.45) is -2.61. The van der Waals surface area contributed by atoms with Gasteiger partial charge in [-0.25, -0.2) is 14.3 Å². The Morgan fingerprint density at radius 2 is 1.47 bits per heavy atom. The summed E-state index contributed by atoms with van der Waals surface area (Å²) in [7, 11) is -5.02. The minimum Gasteiger partial charge on any atom is -0.548 e. The van der Waals surface area contributed by atoms with Gasteiger partial charge in [-0.1, -0.05) is 23.7 Å². The Kier molecular flexibility index (Phi) is 11.4. The van der Waals surface area contributed by atoms with Crippen LogP contribution in [-0.2, 0) is 34.0 Å². The van der Waals surface area contributed by atoms with Gasteiger partial charge in [0.25, 0.3) is 0 Å². The van der Waals surface area contributed by atoms with Crippen molar-refractivity contribution in [1.82, 2.24) is 14.3 Å². The Hall–Kier alpha value is -3.10. The molecule has 2 amide bonds. The zero-order chi connectivity index (χ0) is 29.5. The maximum atomic E-state index is 13.4. The zero-order valence-electron chi connectivity index (χ0n) is 22.2. The topological polar surface area (TPSA) is 180 Å². The fraction of sp³-hybridized carbons (Fsp3) is 0.565. The van der Waals surface area contributed by atoms with Crippen molar-refractivity contribution in [2.75, 3.05) is 13.2 Å². The van der Waals surface area contributed by atoms with E-state index < -0.39 is 64.2 Å². The molecule has 2 atom stereocenters. The second-order valence-electron chi connectivity index (χ2n) is 9.90. The van der Waals surface area contributed by atoms with Gasteiger partial charge in [-0.15, -0.1) is 0 Å². The van der Waals surface area contributed by atoms with Crippen LogP contribution in [0.2, 0.25) is 5.02 Å². The third kappa shape index (κ3) is 11.1. The molecule has 0 saturated heterocycles. The largest absolute Gasteiger partial charge is 0.548 e. The number of hydrogen-bond donors (Lipinski definition) is 2. The number of aliphatic carboxylic acids is 1. The fourth-order valence-corrected chi connectivity index (χ4v) is 4.33. The van der Waals surface area contributed by atoms with Crippen LogP contribution < -0.4 is 15.1 Å². The standard InChI is InChI=1S/C23H34ClN3O10S/c1-8-35-16(28)13-27(38(33,34)26-21(32)37-23(5,6)7)18(14-9-11-15(24)12-10-14)17(19(29)30)25-20(31)36-22(2,3)4/h9-12,17-18H,8,13H2,1-7H3,(H,25,31)(H,26,32)(H,29,30)/p-1. The Labute approximate surface area is 226 Å². The van der Waals surface area contributed by atoms with Gasteiger partial charge < -0.3 is 29.4 Å². The van der Waals surface area contributed by atoms with Crippen LogP contribution in [0.4, 0.5) is 9.59 Å². The van der Waals surface area contributed by atoms with E-state index in [1.54, 1.807) is 4.72 Å². The molecule has 0 aromatic heterocycles. The number of hydrogen-bond acceptors (Lipinski definition) is 10. The van der Waals surface area contributed by atoms with Crippen molar-refractivity contribution in [3.8, 4) is 0 Å². The molecule has 0 spiro atoms. The summed E-state index contributed by atoms with van der Waals surface area (Å²) in [5.74, 6) is -2.99. The van der Waals surface area contributed by atoms with Gasteiger partial charge in [-0.2, -0.15) is 12.7 Å². The highest BCUT2D eigenvalue weighted by molar-refractivity contribution is 7.87. The molecule has 1 aromatic rings. The van der Waals surface area contributed by atoms with Gasteiger partial charge in [0.2, 0.25) is 0 Å². The molecule has 0 fully saturated rings. The normalized spacial score (nSPS) is 13.7. The molecule has 13 nitrogen and oxygen atoms in total. The number of amides is 2. The van der Waals surface area contributed by atoms with Crippen molar-refractivity contribution in [2.45, 2.75) is 71.8 Å². The molecule has 2 unspecified atom stereocenters. The number of nitrogens with one attached hydrogen (secondary N) is 2. The molecule has 0 aliphatic carbocycles.